The Hall–Kier alpha value is -2.02. The fourth-order valence-electron chi connectivity index (χ4n) is 2.79. The Bertz CT molecular complexity index is 711. The zero-order valence-corrected chi connectivity index (χ0v) is 12.9. The third-order valence-electron chi connectivity index (χ3n) is 3.95. The van der Waals surface area contributed by atoms with E-state index in [-0.39, 0.29) is 0 Å². The van der Waals surface area contributed by atoms with Crippen molar-refractivity contribution in [2.75, 3.05) is 0 Å². The minimum absolute atomic E-state index is 0.459. The van der Waals surface area contributed by atoms with E-state index in [1.165, 1.54) is 33.2 Å². The molecule has 1 heteroatoms. The van der Waals surface area contributed by atoms with Crippen LogP contribution in [0.3, 0.4) is 0 Å². The predicted octanol–water partition coefficient (Wildman–Crippen LogP) is 4.40. The second kappa shape index (κ2) is 5.77. The van der Waals surface area contributed by atoms with Crippen molar-refractivity contribution in [2.45, 2.75) is 20.8 Å². The number of benzene rings is 1. The molecule has 0 fully saturated rings. The van der Waals surface area contributed by atoms with E-state index in [9.17, 15) is 0 Å². The molecule has 1 aromatic rings. The topological polar surface area (TPSA) is 0 Å². The Labute approximate surface area is 128 Å². The highest BCUT2D eigenvalue weighted by Gasteiger charge is 2.19. The maximum atomic E-state index is 2.30. The molecule has 1 aliphatic carbocycles. The normalized spacial score (nSPS) is 25.0. The van der Waals surface area contributed by atoms with Gasteiger partial charge in [-0.05, 0) is 30.9 Å². The van der Waals surface area contributed by atoms with Gasteiger partial charge in [-0.3, -0.25) is 0 Å². The molecule has 103 valence electrons. The van der Waals surface area contributed by atoms with Crippen LogP contribution in [0.5, 0.6) is 0 Å². The summed E-state index contributed by atoms with van der Waals surface area (Å²) >= 11 is 0. The van der Waals surface area contributed by atoms with Crippen molar-refractivity contribution in [1.82, 2.24) is 0 Å². The molecule has 0 saturated heterocycles. The first-order valence-electron chi connectivity index (χ1n) is 7.55. The smallest absolute Gasteiger partial charge is 0.0776 e. The molecule has 3 rings (SSSR count). The van der Waals surface area contributed by atoms with E-state index in [1.807, 2.05) is 0 Å². The Morgan fingerprint density at radius 1 is 0.905 bits per heavy atom. The standard InChI is InChI=1S/C20H20B/c1-14-8-10-15(2)12-18-17-6-4-5-7-19(17)21-20(18)13-16(3)11-9-14/h4-14H,1-3H3/b10-8-,11-9?,15-12+,16-13?/t14-/m1/s1. The van der Waals surface area contributed by atoms with Crippen molar-refractivity contribution < 1.29 is 0 Å². The molecule has 0 bridgehead atoms. The van der Waals surface area contributed by atoms with Crippen molar-refractivity contribution >= 4 is 18.3 Å². The first kappa shape index (κ1) is 13.9. The van der Waals surface area contributed by atoms with Crippen LogP contribution in [0.1, 0.15) is 26.3 Å². The highest BCUT2D eigenvalue weighted by atomic mass is 14.1. The summed E-state index contributed by atoms with van der Waals surface area (Å²) in [5, 5.41) is 0. The SMILES string of the molecule is CC1=CC2=C(/C=C(C)/C=C\[C@@H](C)C=C1)c1ccccc1[B]2. The maximum Gasteiger partial charge on any atom is 0.193 e. The molecule has 0 amide bonds. The van der Waals surface area contributed by atoms with Gasteiger partial charge in [0.2, 0.25) is 0 Å². The molecule has 0 nitrogen and oxygen atoms in total. The molecule has 21 heavy (non-hydrogen) atoms. The van der Waals surface area contributed by atoms with Crippen molar-refractivity contribution in [1.29, 1.82) is 0 Å². The molecule has 0 unspecified atom stereocenters. The summed E-state index contributed by atoms with van der Waals surface area (Å²) in [6.07, 6.45) is 13.5. The van der Waals surface area contributed by atoms with E-state index in [4.69, 9.17) is 0 Å². The molecule has 0 N–H and O–H groups in total. The summed E-state index contributed by atoms with van der Waals surface area (Å²) in [6, 6.07) is 8.62. The minimum Gasteiger partial charge on any atom is -0.0776 e. The first-order valence-corrected chi connectivity index (χ1v) is 7.55. The Morgan fingerprint density at radius 3 is 2.33 bits per heavy atom. The van der Waals surface area contributed by atoms with Gasteiger partial charge in [0.05, 0.1) is 0 Å². The first-order chi connectivity index (χ1) is 10.1. The molecule has 1 radical (unpaired) electrons. The Morgan fingerprint density at radius 2 is 1.57 bits per heavy atom. The lowest BCUT2D eigenvalue weighted by Gasteiger charge is -2.04. The molecular weight excluding hydrogens is 251 g/mol. The van der Waals surface area contributed by atoms with Gasteiger partial charge in [-0.15, -0.1) is 0 Å². The summed E-state index contributed by atoms with van der Waals surface area (Å²) in [7, 11) is 2.29. The van der Waals surface area contributed by atoms with Crippen LogP contribution < -0.4 is 5.46 Å². The maximum absolute atomic E-state index is 2.30. The zero-order valence-electron chi connectivity index (χ0n) is 12.9. The summed E-state index contributed by atoms with van der Waals surface area (Å²) in [4.78, 5) is 0. The van der Waals surface area contributed by atoms with E-state index < -0.39 is 0 Å². The van der Waals surface area contributed by atoms with Crippen LogP contribution in [0, 0.1) is 5.92 Å². The number of hydrogen-bond donors (Lipinski definition) is 0. The van der Waals surface area contributed by atoms with E-state index >= 15 is 0 Å². The third-order valence-corrected chi connectivity index (χ3v) is 3.95. The predicted molar refractivity (Wildman–Crippen MR) is 93.7 cm³/mol. The molecule has 0 saturated carbocycles. The van der Waals surface area contributed by atoms with Gasteiger partial charge in [-0.1, -0.05) is 89.7 Å². The van der Waals surface area contributed by atoms with Gasteiger partial charge in [0.15, 0.2) is 7.28 Å². The zero-order chi connectivity index (χ0) is 14.8. The van der Waals surface area contributed by atoms with Crippen molar-refractivity contribution in [3.63, 3.8) is 0 Å². The molecule has 1 heterocycles. The minimum atomic E-state index is 0.459. The van der Waals surface area contributed by atoms with Gasteiger partial charge in [-0.25, -0.2) is 0 Å². The fourth-order valence-corrected chi connectivity index (χ4v) is 2.79. The summed E-state index contributed by atoms with van der Waals surface area (Å²) in [5.74, 6) is 0.459. The highest BCUT2D eigenvalue weighted by Crippen LogP contribution is 2.27. The van der Waals surface area contributed by atoms with Crippen LogP contribution in [0.25, 0.3) is 5.57 Å². The van der Waals surface area contributed by atoms with Crippen LogP contribution in [-0.2, 0) is 0 Å². The van der Waals surface area contributed by atoms with Gasteiger partial charge < -0.3 is 0 Å². The van der Waals surface area contributed by atoms with Crippen LogP contribution in [-0.4, -0.2) is 7.28 Å². The second-order valence-corrected chi connectivity index (χ2v) is 5.95. The number of fused-ring (bicyclic) bond motifs is 2. The van der Waals surface area contributed by atoms with Crippen molar-refractivity contribution in [3.8, 4) is 0 Å². The van der Waals surface area contributed by atoms with E-state index in [2.05, 4.69) is 88.8 Å². The molecule has 0 spiro atoms. The second-order valence-electron chi connectivity index (χ2n) is 5.95. The van der Waals surface area contributed by atoms with E-state index in [0.29, 0.717) is 5.92 Å². The van der Waals surface area contributed by atoms with Gasteiger partial charge in [0, 0.05) is 0 Å². The van der Waals surface area contributed by atoms with Gasteiger partial charge in [0.1, 0.15) is 0 Å². The molecule has 1 aliphatic heterocycles. The van der Waals surface area contributed by atoms with Crippen LogP contribution >= 0.6 is 0 Å². The molecule has 2 aliphatic rings. The summed E-state index contributed by atoms with van der Waals surface area (Å²) in [5.41, 5.74) is 7.87. The van der Waals surface area contributed by atoms with Crippen LogP contribution in [0.15, 0.2) is 77.3 Å². The number of hydrogen-bond acceptors (Lipinski definition) is 0. The largest absolute Gasteiger partial charge is 0.193 e. The van der Waals surface area contributed by atoms with Crippen LogP contribution in [0.2, 0.25) is 0 Å². The molecule has 1 atom stereocenters. The lowest BCUT2D eigenvalue weighted by molar-refractivity contribution is 0.936. The number of allylic oxidation sites excluding steroid dienone is 10. The monoisotopic (exact) mass is 271 g/mol. The van der Waals surface area contributed by atoms with Gasteiger partial charge >= 0.3 is 0 Å². The Balaban J connectivity index is 2.15. The quantitative estimate of drug-likeness (QED) is 0.614. The summed E-state index contributed by atoms with van der Waals surface area (Å²) in [6.45, 7) is 6.56. The molecule has 0 aromatic heterocycles. The fraction of sp³-hybridized carbons (Fsp3) is 0.200. The number of rotatable bonds is 0. The average molecular weight is 271 g/mol. The molecule has 1 aromatic carbocycles. The highest BCUT2D eigenvalue weighted by molar-refractivity contribution is 6.67. The summed E-state index contributed by atoms with van der Waals surface area (Å²) < 4.78 is 0. The van der Waals surface area contributed by atoms with Crippen molar-refractivity contribution in [3.05, 3.63) is 82.9 Å². The Kier molecular flexibility index (Phi) is 3.83. The van der Waals surface area contributed by atoms with Gasteiger partial charge in [0.25, 0.3) is 0 Å². The molecular formula is C20H20B. The van der Waals surface area contributed by atoms with Gasteiger partial charge in [-0.2, -0.15) is 0 Å². The van der Waals surface area contributed by atoms with E-state index in [1.54, 1.807) is 0 Å². The third kappa shape index (κ3) is 3.02. The lowest BCUT2D eigenvalue weighted by atomic mass is 9.66. The lowest BCUT2D eigenvalue weighted by Crippen LogP contribution is -2.12. The average Bonchev–Trinajstić information content (AvgIpc) is 2.79. The van der Waals surface area contributed by atoms with Crippen molar-refractivity contribution in [2.24, 2.45) is 5.92 Å². The van der Waals surface area contributed by atoms with Crippen LogP contribution in [0.4, 0.5) is 0 Å². The van der Waals surface area contributed by atoms with E-state index in [0.717, 1.165) is 0 Å².